The van der Waals surface area contributed by atoms with E-state index in [9.17, 15) is 9.59 Å². The third kappa shape index (κ3) is 3.35. The average Bonchev–Trinajstić information content (AvgIpc) is 2.90. The molecule has 3 rings (SSSR count). The molecule has 6 heteroatoms. The molecule has 0 saturated heterocycles. The highest BCUT2D eigenvalue weighted by atomic mass is 16.5. The van der Waals surface area contributed by atoms with Gasteiger partial charge in [0.25, 0.3) is 0 Å². The lowest BCUT2D eigenvalue weighted by Gasteiger charge is -2.17. The summed E-state index contributed by atoms with van der Waals surface area (Å²) in [6.45, 7) is 2.25. The van der Waals surface area contributed by atoms with E-state index in [4.69, 9.17) is 4.74 Å². The number of para-hydroxylation sites is 3. The fraction of sp³-hybridized carbons (Fsp3) is 0.300. The average molecular weight is 353 g/mol. The molecule has 0 saturated carbocycles. The van der Waals surface area contributed by atoms with Gasteiger partial charge >= 0.3 is 5.69 Å². The molecular weight excluding hydrogens is 330 g/mol. The second-order valence-corrected chi connectivity index (χ2v) is 6.26. The number of ether oxygens (including phenoxy) is 1. The van der Waals surface area contributed by atoms with Crippen LogP contribution in [0.3, 0.4) is 0 Å². The molecule has 2 aromatic carbocycles. The van der Waals surface area contributed by atoms with E-state index in [1.807, 2.05) is 55.5 Å². The van der Waals surface area contributed by atoms with E-state index in [1.165, 1.54) is 0 Å². The predicted octanol–water partition coefficient (Wildman–Crippen LogP) is 2.62. The molecular formula is C20H23N3O3. The van der Waals surface area contributed by atoms with Crippen LogP contribution in [-0.2, 0) is 18.4 Å². The third-order valence-electron chi connectivity index (χ3n) is 4.60. The number of methoxy groups -OCH3 is 1. The SMILES string of the molecule is COc1ccccc1[C@H](C)NC(=O)CCn1c(=O)n(C)c2ccccc21. The van der Waals surface area contributed by atoms with E-state index in [0.717, 1.165) is 22.3 Å². The molecule has 0 fully saturated rings. The van der Waals surface area contributed by atoms with Crippen LogP contribution in [0.2, 0.25) is 0 Å². The second-order valence-electron chi connectivity index (χ2n) is 6.26. The molecule has 0 aliphatic carbocycles. The van der Waals surface area contributed by atoms with Crippen molar-refractivity contribution in [2.45, 2.75) is 25.9 Å². The zero-order valence-electron chi connectivity index (χ0n) is 15.2. The van der Waals surface area contributed by atoms with E-state index in [2.05, 4.69) is 5.32 Å². The quantitative estimate of drug-likeness (QED) is 0.741. The molecule has 3 aromatic rings. The molecule has 0 bridgehead atoms. The summed E-state index contributed by atoms with van der Waals surface area (Å²) in [7, 11) is 3.35. The van der Waals surface area contributed by atoms with E-state index in [1.54, 1.807) is 23.3 Å². The van der Waals surface area contributed by atoms with Gasteiger partial charge in [-0.15, -0.1) is 0 Å². The lowest BCUT2D eigenvalue weighted by molar-refractivity contribution is -0.121. The summed E-state index contributed by atoms with van der Waals surface area (Å²) in [5.41, 5.74) is 2.51. The number of amides is 1. The molecule has 0 aliphatic rings. The van der Waals surface area contributed by atoms with Crippen LogP contribution in [0.5, 0.6) is 5.75 Å². The molecule has 136 valence electrons. The van der Waals surface area contributed by atoms with Crippen LogP contribution >= 0.6 is 0 Å². The molecule has 1 atom stereocenters. The van der Waals surface area contributed by atoms with Gasteiger partial charge in [-0.25, -0.2) is 4.79 Å². The number of aromatic nitrogens is 2. The molecule has 1 N–H and O–H groups in total. The second kappa shape index (κ2) is 7.47. The Kier molecular flexibility index (Phi) is 5.11. The van der Waals surface area contributed by atoms with Crippen molar-refractivity contribution < 1.29 is 9.53 Å². The number of hydrogen-bond acceptors (Lipinski definition) is 3. The largest absolute Gasteiger partial charge is 0.496 e. The highest BCUT2D eigenvalue weighted by Gasteiger charge is 2.15. The lowest BCUT2D eigenvalue weighted by Crippen LogP contribution is -2.29. The fourth-order valence-electron chi connectivity index (χ4n) is 3.21. The Labute approximate surface area is 152 Å². The van der Waals surface area contributed by atoms with Crippen molar-refractivity contribution in [1.29, 1.82) is 0 Å². The van der Waals surface area contributed by atoms with Gasteiger partial charge in [-0.1, -0.05) is 30.3 Å². The first-order valence-electron chi connectivity index (χ1n) is 8.59. The zero-order valence-corrected chi connectivity index (χ0v) is 15.2. The predicted molar refractivity (Wildman–Crippen MR) is 101 cm³/mol. The third-order valence-corrected chi connectivity index (χ3v) is 4.60. The summed E-state index contributed by atoms with van der Waals surface area (Å²) >= 11 is 0. The first-order chi connectivity index (χ1) is 12.5. The van der Waals surface area contributed by atoms with Gasteiger partial charge in [-0.2, -0.15) is 0 Å². The maximum Gasteiger partial charge on any atom is 0.328 e. The molecule has 0 spiro atoms. The number of aryl methyl sites for hydroxylation is 2. The van der Waals surface area contributed by atoms with Crippen molar-refractivity contribution in [2.24, 2.45) is 7.05 Å². The monoisotopic (exact) mass is 353 g/mol. The maximum absolute atomic E-state index is 12.4. The highest BCUT2D eigenvalue weighted by Crippen LogP contribution is 2.24. The number of rotatable bonds is 6. The van der Waals surface area contributed by atoms with Crippen LogP contribution in [0.25, 0.3) is 11.0 Å². The Morgan fingerprint density at radius 2 is 1.77 bits per heavy atom. The number of carbonyl (C=O) groups is 1. The van der Waals surface area contributed by atoms with Crippen LogP contribution in [0, 0.1) is 0 Å². The Morgan fingerprint density at radius 1 is 1.12 bits per heavy atom. The minimum absolute atomic E-state index is 0.108. The molecule has 6 nitrogen and oxygen atoms in total. The minimum Gasteiger partial charge on any atom is -0.496 e. The van der Waals surface area contributed by atoms with Gasteiger partial charge < -0.3 is 10.1 Å². The fourth-order valence-corrected chi connectivity index (χ4v) is 3.21. The van der Waals surface area contributed by atoms with Crippen molar-refractivity contribution in [3.63, 3.8) is 0 Å². The van der Waals surface area contributed by atoms with E-state index < -0.39 is 0 Å². The number of nitrogens with zero attached hydrogens (tertiary/aromatic N) is 2. The van der Waals surface area contributed by atoms with Crippen molar-refractivity contribution >= 4 is 16.9 Å². The van der Waals surface area contributed by atoms with Crippen LogP contribution < -0.4 is 15.7 Å². The molecule has 1 aromatic heterocycles. The normalized spacial score (nSPS) is 12.1. The van der Waals surface area contributed by atoms with E-state index in [-0.39, 0.29) is 24.1 Å². The van der Waals surface area contributed by atoms with Crippen molar-refractivity contribution in [2.75, 3.05) is 7.11 Å². The molecule has 1 heterocycles. The van der Waals surface area contributed by atoms with E-state index >= 15 is 0 Å². The minimum atomic E-state index is -0.178. The van der Waals surface area contributed by atoms with Crippen LogP contribution in [0.4, 0.5) is 0 Å². The van der Waals surface area contributed by atoms with Crippen LogP contribution in [0.1, 0.15) is 24.9 Å². The smallest absolute Gasteiger partial charge is 0.328 e. The number of imidazole rings is 1. The van der Waals surface area contributed by atoms with Crippen LogP contribution in [-0.4, -0.2) is 22.2 Å². The number of fused-ring (bicyclic) bond motifs is 1. The summed E-state index contributed by atoms with van der Waals surface area (Å²) in [6.07, 6.45) is 0.230. The van der Waals surface area contributed by atoms with Crippen molar-refractivity contribution in [1.82, 2.24) is 14.5 Å². The van der Waals surface area contributed by atoms with Gasteiger partial charge in [-0.3, -0.25) is 13.9 Å². The number of hydrogen-bond donors (Lipinski definition) is 1. The first-order valence-corrected chi connectivity index (χ1v) is 8.59. The highest BCUT2D eigenvalue weighted by molar-refractivity contribution is 5.78. The number of nitrogens with one attached hydrogen (secondary N) is 1. The summed E-state index contributed by atoms with van der Waals surface area (Å²) in [4.78, 5) is 24.8. The van der Waals surface area contributed by atoms with Crippen molar-refractivity contribution in [3.8, 4) is 5.75 Å². The summed E-state index contributed by atoms with van der Waals surface area (Å²) in [5, 5.41) is 2.97. The van der Waals surface area contributed by atoms with Gasteiger partial charge in [0.1, 0.15) is 5.75 Å². The molecule has 0 aliphatic heterocycles. The molecule has 1 amide bonds. The Morgan fingerprint density at radius 3 is 2.50 bits per heavy atom. The van der Waals surface area contributed by atoms with Crippen LogP contribution in [0.15, 0.2) is 53.3 Å². The van der Waals surface area contributed by atoms with Gasteiger partial charge in [0.05, 0.1) is 24.2 Å². The van der Waals surface area contributed by atoms with Gasteiger partial charge in [0, 0.05) is 25.6 Å². The molecule has 0 radical (unpaired) electrons. The topological polar surface area (TPSA) is 65.3 Å². The summed E-state index contributed by atoms with van der Waals surface area (Å²) in [6, 6.07) is 15.0. The Hall–Kier alpha value is -3.02. The number of benzene rings is 2. The van der Waals surface area contributed by atoms with Gasteiger partial charge in [-0.05, 0) is 25.1 Å². The Bertz CT molecular complexity index is 987. The van der Waals surface area contributed by atoms with Gasteiger partial charge in [0.15, 0.2) is 0 Å². The Balaban J connectivity index is 1.70. The summed E-state index contributed by atoms with van der Waals surface area (Å²) < 4.78 is 8.59. The lowest BCUT2D eigenvalue weighted by atomic mass is 10.1. The summed E-state index contributed by atoms with van der Waals surface area (Å²) in [5.74, 6) is 0.633. The standard InChI is InChI=1S/C20H23N3O3/c1-14(15-8-4-7-11-18(15)26-3)21-19(24)12-13-23-17-10-6-5-9-16(17)22(2)20(23)25/h4-11,14H,12-13H2,1-3H3,(H,21,24)/t14-/m0/s1. The van der Waals surface area contributed by atoms with E-state index in [0.29, 0.717) is 6.54 Å². The number of carbonyl (C=O) groups excluding carboxylic acids is 1. The zero-order chi connectivity index (χ0) is 18.7. The van der Waals surface area contributed by atoms with Gasteiger partial charge in [0.2, 0.25) is 5.91 Å². The molecule has 26 heavy (non-hydrogen) atoms. The molecule has 0 unspecified atom stereocenters. The maximum atomic E-state index is 12.4. The van der Waals surface area contributed by atoms with Crippen molar-refractivity contribution in [3.05, 3.63) is 64.6 Å². The first kappa shape index (κ1) is 17.8.